The van der Waals surface area contributed by atoms with E-state index in [0.717, 1.165) is 36.4 Å². The quantitative estimate of drug-likeness (QED) is 0.437. The van der Waals surface area contributed by atoms with Crippen molar-refractivity contribution in [2.24, 2.45) is 0 Å². The number of aromatic nitrogens is 3. The highest BCUT2D eigenvalue weighted by Gasteiger charge is 2.33. The summed E-state index contributed by atoms with van der Waals surface area (Å²) in [4.78, 5) is 13.7. The van der Waals surface area contributed by atoms with Gasteiger partial charge in [-0.25, -0.2) is 4.98 Å². The van der Waals surface area contributed by atoms with Gasteiger partial charge in [0.2, 0.25) is 0 Å². The molecule has 3 aromatic heterocycles. The van der Waals surface area contributed by atoms with Crippen LogP contribution in [0.2, 0.25) is 0 Å². The minimum Gasteiger partial charge on any atom is -0.388 e. The number of benzene rings is 1. The molecule has 6 nitrogen and oxygen atoms in total. The van der Waals surface area contributed by atoms with Gasteiger partial charge in [-0.15, -0.1) is 0 Å². The largest absolute Gasteiger partial charge is 0.388 e. The Labute approximate surface area is 193 Å². The van der Waals surface area contributed by atoms with Crippen LogP contribution < -0.4 is 0 Å². The Morgan fingerprint density at radius 3 is 2.85 bits per heavy atom. The number of hydrogen-bond acceptors (Lipinski definition) is 4. The van der Waals surface area contributed by atoms with Crippen LogP contribution in [0.5, 0.6) is 0 Å². The first-order valence-electron chi connectivity index (χ1n) is 11.8. The standard InChI is InChI=1S/C27H30N4O2/c1-18-14-29-26-22(18)13-21(15-30-26)20-11-19-4-8-31(17-27(32)5-9-33-10-6-27)16-24(19)23(12-20)25-3-2-7-28-25/h2-3,7,11-15,28,32H,4-6,8-10,16-17H2,1H3,(H,29,30). The molecule has 170 valence electrons. The monoisotopic (exact) mass is 442 g/mol. The van der Waals surface area contributed by atoms with E-state index in [4.69, 9.17) is 4.74 Å². The van der Waals surface area contributed by atoms with Gasteiger partial charge in [-0.3, -0.25) is 4.90 Å². The molecule has 2 aliphatic rings. The zero-order chi connectivity index (χ0) is 22.4. The lowest BCUT2D eigenvalue weighted by Gasteiger charge is -2.39. The van der Waals surface area contributed by atoms with Crippen molar-refractivity contribution < 1.29 is 9.84 Å². The maximum absolute atomic E-state index is 11.1. The second kappa shape index (κ2) is 8.13. The molecule has 6 heteroatoms. The van der Waals surface area contributed by atoms with Crippen LogP contribution in [0.4, 0.5) is 0 Å². The highest BCUT2D eigenvalue weighted by molar-refractivity contribution is 5.85. The van der Waals surface area contributed by atoms with Crippen LogP contribution in [0.15, 0.2) is 48.9 Å². The number of aryl methyl sites for hydroxylation is 1. The fraction of sp³-hybridized carbons (Fsp3) is 0.370. The molecule has 0 atom stereocenters. The Morgan fingerprint density at radius 2 is 2.03 bits per heavy atom. The van der Waals surface area contributed by atoms with Gasteiger partial charge in [0.15, 0.2) is 0 Å². The molecule has 2 aliphatic heterocycles. The average molecular weight is 443 g/mol. The number of rotatable bonds is 4. The third-order valence-corrected chi connectivity index (χ3v) is 7.32. The molecule has 0 amide bonds. The van der Waals surface area contributed by atoms with Crippen molar-refractivity contribution in [2.45, 2.75) is 38.3 Å². The van der Waals surface area contributed by atoms with Crippen LogP contribution in [-0.2, 0) is 17.7 Å². The summed E-state index contributed by atoms with van der Waals surface area (Å²) in [6.07, 6.45) is 8.37. The molecule has 0 saturated carbocycles. The predicted molar refractivity (Wildman–Crippen MR) is 130 cm³/mol. The molecule has 0 spiro atoms. The Hall–Kier alpha value is -2.93. The summed E-state index contributed by atoms with van der Waals surface area (Å²) in [6.45, 7) is 5.92. The van der Waals surface area contributed by atoms with Crippen molar-refractivity contribution in [2.75, 3.05) is 26.3 Å². The summed E-state index contributed by atoms with van der Waals surface area (Å²) in [7, 11) is 0. The van der Waals surface area contributed by atoms with E-state index in [1.165, 1.54) is 33.2 Å². The lowest BCUT2D eigenvalue weighted by molar-refractivity contribution is -0.0814. The minimum absolute atomic E-state index is 0.641. The highest BCUT2D eigenvalue weighted by atomic mass is 16.5. The highest BCUT2D eigenvalue weighted by Crippen LogP contribution is 2.36. The fourth-order valence-corrected chi connectivity index (χ4v) is 5.38. The second-order valence-corrected chi connectivity index (χ2v) is 9.63. The van der Waals surface area contributed by atoms with Gasteiger partial charge in [-0.1, -0.05) is 6.07 Å². The number of pyridine rings is 1. The van der Waals surface area contributed by atoms with Gasteiger partial charge in [0.1, 0.15) is 5.65 Å². The van der Waals surface area contributed by atoms with E-state index in [1.807, 2.05) is 18.6 Å². The zero-order valence-electron chi connectivity index (χ0n) is 19.0. The number of hydrogen-bond donors (Lipinski definition) is 3. The number of fused-ring (bicyclic) bond motifs is 2. The maximum Gasteiger partial charge on any atom is 0.137 e. The summed E-state index contributed by atoms with van der Waals surface area (Å²) in [5.74, 6) is 0. The van der Waals surface area contributed by atoms with Gasteiger partial charge in [-0.05, 0) is 59.9 Å². The van der Waals surface area contributed by atoms with E-state index in [0.29, 0.717) is 32.6 Å². The van der Waals surface area contributed by atoms with Crippen LogP contribution in [0.3, 0.4) is 0 Å². The van der Waals surface area contributed by atoms with Crippen LogP contribution >= 0.6 is 0 Å². The third-order valence-electron chi connectivity index (χ3n) is 7.32. The van der Waals surface area contributed by atoms with E-state index < -0.39 is 5.60 Å². The van der Waals surface area contributed by atoms with Gasteiger partial charge in [0.25, 0.3) is 0 Å². The van der Waals surface area contributed by atoms with Gasteiger partial charge < -0.3 is 19.8 Å². The van der Waals surface area contributed by atoms with Crippen LogP contribution in [0, 0.1) is 6.92 Å². The molecule has 4 aromatic rings. The van der Waals surface area contributed by atoms with Gasteiger partial charge in [0, 0.05) is 86.5 Å². The summed E-state index contributed by atoms with van der Waals surface area (Å²) >= 11 is 0. The number of nitrogens with one attached hydrogen (secondary N) is 2. The molecule has 0 aliphatic carbocycles. The minimum atomic E-state index is -0.641. The van der Waals surface area contributed by atoms with Gasteiger partial charge in [-0.2, -0.15) is 0 Å². The van der Waals surface area contributed by atoms with Crippen molar-refractivity contribution in [3.8, 4) is 22.4 Å². The number of aliphatic hydroxyl groups is 1. The molecule has 1 saturated heterocycles. The van der Waals surface area contributed by atoms with E-state index in [9.17, 15) is 5.11 Å². The molecule has 33 heavy (non-hydrogen) atoms. The normalized spacial score (nSPS) is 18.5. The second-order valence-electron chi connectivity index (χ2n) is 9.63. The molecule has 1 aromatic carbocycles. The van der Waals surface area contributed by atoms with Crippen molar-refractivity contribution >= 4 is 11.0 Å². The summed E-state index contributed by atoms with van der Waals surface area (Å²) in [5.41, 5.74) is 8.95. The maximum atomic E-state index is 11.1. The Morgan fingerprint density at radius 1 is 1.15 bits per heavy atom. The summed E-state index contributed by atoms with van der Waals surface area (Å²) in [5, 5.41) is 12.2. The van der Waals surface area contributed by atoms with Crippen molar-refractivity contribution in [3.05, 3.63) is 65.6 Å². The van der Waals surface area contributed by atoms with Crippen molar-refractivity contribution in [3.63, 3.8) is 0 Å². The van der Waals surface area contributed by atoms with Crippen LogP contribution in [-0.4, -0.2) is 56.9 Å². The lowest BCUT2D eigenvalue weighted by Crippen LogP contribution is -2.48. The smallest absolute Gasteiger partial charge is 0.137 e. The number of nitrogens with zero attached hydrogens (tertiary/aromatic N) is 2. The molecular weight excluding hydrogens is 412 g/mol. The van der Waals surface area contributed by atoms with Crippen LogP contribution in [0.25, 0.3) is 33.4 Å². The Kier molecular flexibility index (Phi) is 5.09. The predicted octanol–water partition coefficient (Wildman–Crippen LogP) is 4.43. The van der Waals surface area contributed by atoms with Gasteiger partial charge >= 0.3 is 0 Å². The topological polar surface area (TPSA) is 77.2 Å². The molecule has 0 bridgehead atoms. The first kappa shape index (κ1) is 20.7. The van der Waals surface area contributed by atoms with Gasteiger partial charge in [0.05, 0.1) is 5.60 Å². The lowest BCUT2D eigenvalue weighted by atomic mass is 9.87. The van der Waals surface area contributed by atoms with E-state index in [-0.39, 0.29) is 0 Å². The average Bonchev–Trinajstić information content (AvgIpc) is 3.49. The molecule has 3 N–H and O–H groups in total. The molecule has 0 unspecified atom stereocenters. The number of β-amino-alcohol motifs (C(OH)–C–C–N with tert-alkyl or cyclic N) is 1. The van der Waals surface area contributed by atoms with E-state index >= 15 is 0 Å². The number of ether oxygens (including phenoxy) is 1. The first-order valence-corrected chi connectivity index (χ1v) is 11.8. The fourth-order valence-electron chi connectivity index (χ4n) is 5.38. The Bertz CT molecular complexity index is 1290. The number of H-pyrrole nitrogens is 2. The number of aromatic amines is 2. The first-order chi connectivity index (χ1) is 16.1. The summed E-state index contributed by atoms with van der Waals surface area (Å²) in [6, 6.07) is 11.1. The molecule has 1 fully saturated rings. The van der Waals surface area contributed by atoms with E-state index in [1.54, 1.807) is 0 Å². The van der Waals surface area contributed by atoms with Crippen molar-refractivity contribution in [1.82, 2.24) is 19.9 Å². The molecule has 6 rings (SSSR count). The van der Waals surface area contributed by atoms with Crippen LogP contribution in [0.1, 0.15) is 29.5 Å². The van der Waals surface area contributed by atoms with Crippen molar-refractivity contribution in [1.29, 1.82) is 0 Å². The molecular formula is C27H30N4O2. The summed E-state index contributed by atoms with van der Waals surface area (Å²) < 4.78 is 5.47. The Balaban J connectivity index is 1.38. The van der Waals surface area contributed by atoms with E-state index in [2.05, 4.69) is 57.1 Å². The third kappa shape index (κ3) is 3.88. The SMILES string of the molecule is Cc1c[nH]c2ncc(-c3cc4c(c(-c5ccc[nH]5)c3)CN(CC3(O)CCOCC3)CC4)cc12. The zero-order valence-corrected chi connectivity index (χ0v) is 19.0. The molecule has 0 radical (unpaired) electrons. The molecule has 5 heterocycles.